The van der Waals surface area contributed by atoms with Crippen LogP contribution in [0, 0.1) is 11.6 Å². The Kier molecular flexibility index (Phi) is 5.60. The molecule has 1 unspecified atom stereocenters. The van der Waals surface area contributed by atoms with E-state index in [2.05, 4.69) is 5.32 Å². The molecule has 116 valence electrons. The van der Waals surface area contributed by atoms with Crippen molar-refractivity contribution in [1.82, 2.24) is 4.90 Å². The topological polar surface area (TPSA) is 89.9 Å². The molecule has 1 aromatic rings. The second-order valence-corrected chi connectivity index (χ2v) is 4.61. The number of rotatable bonds is 5. The van der Waals surface area contributed by atoms with Crippen LogP contribution in [0.4, 0.5) is 19.3 Å². The number of amides is 2. The second kappa shape index (κ2) is 6.98. The maximum absolute atomic E-state index is 13.2. The molecular weight excluding hydrogens is 286 g/mol. The van der Waals surface area contributed by atoms with E-state index in [1.165, 1.54) is 11.9 Å². The van der Waals surface area contributed by atoms with Crippen LogP contribution in [0.15, 0.2) is 12.1 Å². The highest BCUT2D eigenvalue weighted by molar-refractivity contribution is 5.99. The van der Waals surface area contributed by atoms with Crippen LogP contribution < -0.4 is 5.32 Å². The Bertz CT molecular complexity index is 549. The fourth-order valence-corrected chi connectivity index (χ4v) is 1.52. The lowest BCUT2D eigenvalue weighted by molar-refractivity contribution is 0.0697. The van der Waals surface area contributed by atoms with E-state index in [9.17, 15) is 18.4 Å². The summed E-state index contributed by atoms with van der Waals surface area (Å²) in [6.07, 6.45) is -0.272. The number of urea groups is 1. The summed E-state index contributed by atoms with van der Waals surface area (Å²) < 4.78 is 26.2. The van der Waals surface area contributed by atoms with Gasteiger partial charge in [-0.25, -0.2) is 18.4 Å². The quantitative estimate of drug-likeness (QED) is 0.775. The average Bonchev–Trinajstić information content (AvgIpc) is 2.39. The number of aromatic carboxylic acids is 1. The summed E-state index contributed by atoms with van der Waals surface area (Å²) in [6.45, 7) is 1.78. The SMILES string of the molecule is CC(O)CCN(C)C(=O)Nc1cc(F)c(F)cc1C(=O)O. The number of halogens is 2. The summed E-state index contributed by atoms with van der Waals surface area (Å²) in [7, 11) is 1.43. The minimum absolute atomic E-state index is 0.218. The molecule has 1 rings (SSSR count). The highest BCUT2D eigenvalue weighted by Gasteiger charge is 2.18. The molecule has 0 aliphatic carbocycles. The number of aliphatic hydroxyl groups is 1. The smallest absolute Gasteiger partial charge is 0.337 e. The molecule has 0 aromatic heterocycles. The number of aliphatic hydroxyl groups excluding tert-OH is 1. The van der Waals surface area contributed by atoms with Gasteiger partial charge in [0.2, 0.25) is 0 Å². The molecule has 1 aromatic carbocycles. The van der Waals surface area contributed by atoms with Gasteiger partial charge in [-0.05, 0) is 19.4 Å². The van der Waals surface area contributed by atoms with Crippen LogP contribution in [-0.2, 0) is 0 Å². The number of nitrogens with zero attached hydrogens (tertiary/aromatic N) is 1. The van der Waals surface area contributed by atoms with Gasteiger partial charge in [0, 0.05) is 19.7 Å². The number of hydrogen-bond donors (Lipinski definition) is 3. The minimum Gasteiger partial charge on any atom is -0.478 e. The number of nitrogens with one attached hydrogen (secondary N) is 1. The fraction of sp³-hybridized carbons (Fsp3) is 0.385. The molecule has 0 aliphatic heterocycles. The molecule has 2 amide bonds. The number of carbonyl (C=O) groups is 2. The molecule has 8 heteroatoms. The van der Waals surface area contributed by atoms with Gasteiger partial charge in [0.25, 0.3) is 0 Å². The van der Waals surface area contributed by atoms with E-state index >= 15 is 0 Å². The molecule has 0 spiro atoms. The summed E-state index contributed by atoms with van der Waals surface area (Å²) in [6, 6.07) is 0.423. The molecule has 0 aliphatic rings. The number of carboxylic acids is 1. The van der Waals surface area contributed by atoms with Gasteiger partial charge in [-0.3, -0.25) is 0 Å². The average molecular weight is 302 g/mol. The molecule has 0 heterocycles. The van der Waals surface area contributed by atoms with Crippen molar-refractivity contribution in [2.75, 3.05) is 18.9 Å². The molecular formula is C13H16F2N2O4. The number of anilines is 1. The van der Waals surface area contributed by atoms with Gasteiger partial charge < -0.3 is 20.4 Å². The van der Waals surface area contributed by atoms with Gasteiger partial charge in [0.1, 0.15) is 0 Å². The van der Waals surface area contributed by atoms with Crippen molar-refractivity contribution in [3.63, 3.8) is 0 Å². The first kappa shape index (κ1) is 16.8. The molecule has 1 atom stereocenters. The predicted octanol–water partition coefficient (Wildman–Crippen LogP) is 1.90. The Morgan fingerprint density at radius 3 is 2.43 bits per heavy atom. The van der Waals surface area contributed by atoms with Crippen molar-refractivity contribution in [2.24, 2.45) is 0 Å². The molecule has 0 radical (unpaired) electrons. The van der Waals surface area contributed by atoms with Crippen molar-refractivity contribution in [3.8, 4) is 0 Å². The number of carboxylic acid groups (broad SMARTS) is 1. The summed E-state index contributed by atoms with van der Waals surface area (Å²) >= 11 is 0. The van der Waals surface area contributed by atoms with Crippen LogP contribution in [0.3, 0.4) is 0 Å². The van der Waals surface area contributed by atoms with E-state index in [4.69, 9.17) is 10.2 Å². The zero-order valence-corrected chi connectivity index (χ0v) is 11.6. The van der Waals surface area contributed by atoms with Crippen LogP contribution in [0.25, 0.3) is 0 Å². The lowest BCUT2D eigenvalue weighted by atomic mass is 10.1. The summed E-state index contributed by atoms with van der Waals surface area (Å²) in [5.74, 6) is -4.06. The van der Waals surface area contributed by atoms with Crippen molar-refractivity contribution in [2.45, 2.75) is 19.4 Å². The van der Waals surface area contributed by atoms with Crippen LogP contribution in [-0.4, -0.2) is 46.8 Å². The van der Waals surface area contributed by atoms with Crippen LogP contribution >= 0.6 is 0 Å². The van der Waals surface area contributed by atoms with Gasteiger partial charge in [-0.1, -0.05) is 0 Å². The Labute approximate surface area is 120 Å². The monoisotopic (exact) mass is 302 g/mol. The molecule has 0 bridgehead atoms. The van der Waals surface area contributed by atoms with E-state index in [1.54, 1.807) is 6.92 Å². The van der Waals surface area contributed by atoms with Gasteiger partial charge in [0.15, 0.2) is 11.6 Å². The first-order valence-electron chi connectivity index (χ1n) is 6.15. The van der Waals surface area contributed by atoms with Crippen molar-refractivity contribution >= 4 is 17.7 Å². The first-order valence-corrected chi connectivity index (χ1v) is 6.15. The third-order valence-corrected chi connectivity index (χ3v) is 2.76. The van der Waals surface area contributed by atoms with E-state index in [1.807, 2.05) is 0 Å². The van der Waals surface area contributed by atoms with E-state index in [-0.39, 0.29) is 12.2 Å². The molecule has 21 heavy (non-hydrogen) atoms. The Morgan fingerprint density at radius 2 is 1.90 bits per heavy atom. The highest BCUT2D eigenvalue weighted by atomic mass is 19.2. The Hall–Kier alpha value is -2.22. The molecule has 0 fully saturated rings. The molecule has 0 saturated heterocycles. The standard InChI is InChI=1S/C13H16F2N2O4/c1-7(18)3-4-17(2)13(21)16-11-6-10(15)9(14)5-8(11)12(19)20/h5-7,18H,3-4H2,1-2H3,(H,16,21)(H,19,20). The Balaban J connectivity index is 2.89. The van der Waals surface area contributed by atoms with E-state index in [0.717, 1.165) is 0 Å². The van der Waals surface area contributed by atoms with Crippen molar-refractivity contribution in [1.29, 1.82) is 0 Å². The molecule has 3 N–H and O–H groups in total. The normalized spacial score (nSPS) is 11.9. The maximum Gasteiger partial charge on any atom is 0.337 e. The van der Waals surface area contributed by atoms with Crippen LogP contribution in [0.1, 0.15) is 23.7 Å². The number of hydrogen-bond acceptors (Lipinski definition) is 3. The summed E-state index contributed by atoms with van der Waals surface area (Å²) in [4.78, 5) is 24.0. The van der Waals surface area contributed by atoms with E-state index in [0.29, 0.717) is 18.6 Å². The minimum atomic E-state index is -1.49. The fourth-order valence-electron chi connectivity index (χ4n) is 1.52. The largest absolute Gasteiger partial charge is 0.478 e. The first-order chi connectivity index (χ1) is 9.72. The summed E-state index contributed by atoms with van der Waals surface area (Å²) in [5, 5.41) is 20.3. The van der Waals surface area contributed by atoms with E-state index < -0.39 is 35.3 Å². The number of carbonyl (C=O) groups excluding carboxylic acids is 1. The lowest BCUT2D eigenvalue weighted by Crippen LogP contribution is -2.33. The highest BCUT2D eigenvalue weighted by Crippen LogP contribution is 2.20. The van der Waals surface area contributed by atoms with Crippen LogP contribution in [0.5, 0.6) is 0 Å². The zero-order chi connectivity index (χ0) is 16.2. The third kappa shape index (κ3) is 4.67. The summed E-state index contributed by atoms with van der Waals surface area (Å²) in [5.41, 5.74) is -0.888. The molecule has 6 nitrogen and oxygen atoms in total. The van der Waals surface area contributed by atoms with Crippen molar-refractivity contribution < 1.29 is 28.6 Å². The third-order valence-electron chi connectivity index (χ3n) is 2.76. The van der Waals surface area contributed by atoms with Gasteiger partial charge in [-0.2, -0.15) is 0 Å². The van der Waals surface area contributed by atoms with Crippen molar-refractivity contribution in [3.05, 3.63) is 29.3 Å². The Morgan fingerprint density at radius 1 is 1.33 bits per heavy atom. The second-order valence-electron chi connectivity index (χ2n) is 4.61. The van der Waals surface area contributed by atoms with Gasteiger partial charge >= 0.3 is 12.0 Å². The van der Waals surface area contributed by atoms with Gasteiger partial charge in [0.05, 0.1) is 17.4 Å². The van der Waals surface area contributed by atoms with Gasteiger partial charge in [-0.15, -0.1) is 0 Å². The number of benzene rings is 1. The van der Waals surface area contributed by atoms with Crippen LogP contribution in [0.2, 0.25) is 0 Å². The lowest BCUT2D eigenvalue weighted by Gasteiger charge is -2.19. The predicted molar refractivity (Wildman–Crippen MR) is 71.3 cm³/mol. The molecule has 0 saturated carbocycles. The zero-order valence-electron chi connectivity index (χ0n) is 11.6. The maximum atomic E-state index is 13.2.